The normalized spacial score (nSPS) is 9.44. The van der Waals surface area contributed by atoms with Crippen LogP contribution in [-0.4, -0.2) is 12.3 Å². The van der Waals surface area contributed by atoms with Crippen molar-refractivity contribution in [3.05, 3.63) is 12.3 Å². The molecule has 3 heteroatoms. The number of ether oxygens (including phenoxy) is 1. The van der Waals surface area contributed by atoms with E-state index in [-0.39, 0.29) is 12.4 Å². The number of allylic oxidation sites excluding steroid dienone is 1. The summed E-state index contributed by atoms with van der Waals surface area (Å²) < 4.78 is 4.37. The lowest BCUT2D eigenvalue weighted by Gasteiger charge is -1.86. The number of aldehydes is 1. The maximum absolute atomic E-state index is 10.0. The minimum atomic E-state index is -0.378. The smallest absolute Gasteiger partial charge is 0.307 e. The van der Waals surface area contributed by atoms with Gasteiger partial charge in [0.25, 0.3) is 0 Å². The second-order valence-corrected chi connectivity index (χ2v) is 1.38. The van der Waals surface area contributed by atoms with Gasteiger partial charge in [-0.1, -0.05) is 0 Å². The van der Waals surface area contributed by atoms with Gasteiger partial charge in [-0.15, -0.1) is 0 Å². The molecular weight excluding hydrogens is 120 g/mol. The van der Waals surface area contributed by atoms with E-state index < -0.39 is 0 Å². The van der Waals surface area contributed by atoms with Crippen LogP contribution in [0, 0.1) is 0 Å². The second-order valence-electron chi connectivity index (χ2n) is 1.38. The van der Waals surface area contributed by atoms with Gasteiger partial charge in [-0.3, -0.25) is 4.79 Å². The summed E-state index contributed by atoms with van der Waals surface area (Å²) >= 11 is 0. The van der Waals surface area contributed by atoms with Crippen molar-refractivity contribution in [1.82, 2.24) is 0 Å². The Morgan fingerprint density at radius 3 is 2.78 bits per heavy atom. The highest BCUT2D eigenvalue weighted by Gasteiger charge is 1.82. The van der Waals surface area contributed by atoms with E-state index in [1.807, 2.05) is 0 Å². The molecule has 0 aromatic carbocycles. The minimum Gasteiger partial charge on any atom is -0.435 e. The zero-order chi connectivity index (χ0) is 7.11. The highest BCUT2D eigenvalue weighted by molar-refractivity contribution is 5.66. The molecule has 50 valence electrons. The van der Waals surface area contributed by atoms with Gasteiger partial charge in [-0.2, -0.15) is 0 Å². The molecule has 0 saturated carbocycles. The third kappa shape index (κ3) is 6.88. The predicted octanol–water partition coefficient (Wildman–Crippen LogP) is 0.652. The van der Waals surface area contributed by atoms with Gasteiger partial charge >= 0.3 is 5.97 Å². The summed E-state index contributed by atoms with van der Waals surface area (Å²) in [5.74, 6) is -0.378. The first-order chi connectivity index (χ1) is 4.27. The third-order valence-corrected chi connectivity index (χ3v) is 0.563. The molecular formula is C6H8O3. The Balaban J connectivity index is 3.24. The van der Waals surface area contributed by atoms with Crippen LogP contribution >= 0.6 is 0 Å². The Morgan fingerprint density at radius 1 is 1.67 bits per heavy atom. The van der Waals surface area contributed by atoms with E-state index in [4.69, 9.17) is 0 Å². The molecule has 0 aliphatic rings. The Kier molecular flexibility index (Phi) is 4.40. The van der Waals surface area contributed by atoms with Crippen molar-refractivity contribution in [2.45, 2.75) is 13.3 Å². The molecule has 0 amide bonds. The predicted molar refractivity (Wildman–Crippen MR) is 31.6 cm³/mol. The van der Waals surface area contributed by atoms with Gasteiger partial charge < -0.3 is 9.53 Å². The number of carbonyl (C=O) groups is 2. The number of carbonyl (C=O) groups excluding carboxylic acids is 2. The molecule has 0 heterocycles. The Morgan fingerprint density at radius 2 is 2.33 bits per heavy atom. The maximum atomic E-state index is 10.0. The van der Waals surface area contributed by atoms with E-state index in [9.17, 15) is 9.59 Å². The fourth-order valence-electron chi connectivity index (χ4n) is 0.255. The van der Waals surface area contributed by atoms with Gasteiger partial charge in [0.2, 0.25) is 0 Å². The molecule has 0 saturated heterocycles. The van der Waals surface area contributed by atoms with Crippen molar-refractivity contribution >= 4 is 12.3 Å². The first kappa shape index (κ1) is 7.88. The molecule has 0 aliphatic heterocycles. The zero-order valence-electron chi connectivity index (χ0n) is 5.16. The lowest BCUT2D eigenvalue weighted by molar-refractivity contribution is -0.135. The van der Waals surface area contributed by atoms with E-state index >= 15 is 0 Å². The van der Waals surface area contributed by atoms with Crippen LogP contribution in [0.15, 0.2) is 12.3 Å². The Bertz CT molecular complexity index is 126. The summed E-state index contributed by atoms with van der Waals surface area (Å²) in [6.45, 7) is 1.30. The molecule has 0 atom stereocenters. The van der Waals surface area contributed by atoms with Crippen molar-refractivity contribution in [1.29, 1.82) is 0 Å². The number of hydrogen-bond acceptors (Lipinski definition) is 3. The van der Waals surface area contributed by atoms with Gasteiger partial charge in [0.15, 0.2) is 0 Å². The van der Waals surface area contributed by atoms with Crippen molar-refractivity contribution in [2.75, 3.05) is 0 Å². The zero-order valence-corrected chi connectivity index (χ0v) is 5.16. The van der Waals surface area contributed by atoms with Gasteiger partial charge in [-0.05, 0) is 6.08 Å². The molecule has 0 spiro atoms. The average Bonchev–Trinajstić information content (AvgIpc) is 1.80. The largest absolute Gasteiger partial charge is 0.435 e. The molecule has 0 aromatic rings. The van der Waals surface area contributed by atoms with Crippen LogP contribution in [0.1, 0.15) is 13.3 Å². The molecule has 0 N–H and O–H groups in total. The van der Waals surface area contributed by atoms with Crippen LogP contribution in [-0.2, 0) is 14.3 Å². The summed E-state index contributed by atoms with van der Waals surface area (Å²) in [4.78, 5) is 19.7. The van der Waals surface area contributed by atoms with Crippen LogP contribution in [0.4, 0.5) is 0 Å². The molecule has 0 bridgehead atoms. The van der Waals surface area contributed by atoms with Gasteiger partial charge in [-0.25, -0.2) is 0 Å². The monoisotopic (exact) mass is 128 g/mol. The average molecular weight is 128 g/mol. The quantitative estimate of drug-likeness (QED) is 0.318. The van der Waals surface area contributed by atoms with E-state index in [1.165, 1.54) is 19.3 Å². The number of rotatable bonds is 3. The standard InChI is InChI=1S/C6H8O3/c1-6(8)9-5-3-2-4-7/h3-5H,2H2,1H3/b5-3+. The molecule has 0 aromatic heterocycles. The van der Waals surface area contributed by atoms with Crippen LogP contribution < -0.4 is 0 Å². The van der Waals surface area contributed by atoms with Gasteiger partial charge in [0, 0.05) is 13.3 Å². The molecule has 0 rings (SSSR count). The summed E-state index contributed by atoms with van der Waals surface area (Å²) in [6, 6.07) is 0. The van der Waals surface area contributed by atoms with E-state index in [0.29, 0.717) is 0 Å². The first-order valence-corrected chi connectivity index (χ1v) is 2.53. The van der Waals surface area contributed by atoms with E-state index in [1.54, 1.807) is 0 Å². The SMILES string of the molecule is CC(=O)O/C=C/CC=O. The fraction of sp³-hybridized carbons (Fsp3) is 0.333. The molecule has 9 heavy (non-hydrogen) atoms. The number of esters is 1. The Labute approximate surface area is 53.3 Å². The summed E-state index contributed by atoms with van der Waals surface area (Å²) in [7, 11) is 0. The van der Waals surface area contributed by atoms with Crippen LogP contribution in [0.2, 0.25) is 0 Å². The second kappa shape index (κ2) is 5.03. The lowest BCUT2D eigenvalue weighted by Crippen LogP contribution is -1.89. The van der Waals surface area contributed by atoms with Crippen LogP contribution in [0.3, 0.4) is 0 Å². The molecule has 0 fully saturated rings. The van der Waals surface area contributed by atoms with Gasteiger partial charge in [0.05, 0.1) is 6.26 Å². The van der Waals surface area contributed by atoms with Crippen LogP contribution in [0.5, 0.6) is 0 Å². The van der Waals surface area contributed by atoms with E-state index in [2.05, 4.69) is 4.74 Å². The molecule has 0 aliphatic carbocycles. The first-order valence-electron chi connectivity index (χ1n) is 2.53. The van der Waals surface area contributed by atoms with Gasteiger partial charge in [0.1, 0.15) is 6.29 Å². The highest BCUT2D eigenvalue weighted by Crippen LogP contribution is 1.80. The summed E-state index contributed by atoms with van der Waals surface area (Å²) in [5.41, 5.74) is 0. The van der Waals surface area contributed by atoms with Crippen molar-refractivity contribution in [3.63, 3.8) is 0 Å². The molecule has 0 radical (unpaired) electrons. The maximum Gasteiger partial charge on any atom is 0.307 e. The highest BCUT2D eigenvalue weighted by atomic mass is 16.5. The minimum absolute atomic E-state index is 0.285. The summed E-state index contributed by atoms with van der Waals surface area (Å²) in [6.07, 6.45) is 3.68. The van der Waals surface area contributed by atoms with Crippen molar-refractivity contribution in [2.24, 2.45) is 0 Å². The lowest BCUT2D eigenvalue weighted by atomic mass is 10.5. The fourth-order valence-corrected chi connectivity index (χ4v) is 0.255. The van der Waals surface area contributed by atoms with E-state index in [0.717, 1.165) is 6.29 Å². The molecule has 0 unspecified atom stereocenters. The van der Waals surface area contributed by atoms with Crippen molar-refractivity contribution in [3.8, 4) is 0 Å². The molecule has 3 nitrogen and oxygen atoms in total. The Hall–Kier alpha value is -1.12. The topological polar surface area (TPSA) is 43.4 Å². The summed E-state index contributed by atoms with van der Waals surface area (Å²) in [5, 5.41) is 0. The number of hydrogen-bond donors (Lipinski definition) is 0. The third-order valence-electron chi connectivity index (χ3n) is 0.563. The van der Waals surface area contributed by atoms with Crippen molar-refractivity contribution < 1.29 is 14.3 Å². The van der Waals surface area contributed by atoms with Crippen LogP contribution in [0.25, 0.3) is 0 Å².